The van der Waals surface area contributed by atoms with Gasteiger partial charge in [0.2, 0.25) is 6.79 Å². The van der Waals surface area contributed by atoms with Gasteiger partial charge in [-0.2, -0.15) is 0 Å². The maximum atomic E-state index is 12.7. The zero-order chi connectivity index (χ0) is 19.8. The largest absolute Gasteiger partial charge is 0.454 e. The van der Waals surface area contributed by atoms with E-state index in [2.05, 4.69) is 4.90 Å². The number of nitrogens with zero attached hydrogens (tertiary/aromatic N) is 2. The molecule has 0 spiro atoms. The number of likely N-dealkylation sites (tertiary alicyclic amines) is 1. The van der Waals surface area contributed by atoms with E-state index in [0.717, 1.165) is 31.5 Å². The lowest BCUT2D eigenvalue weighted by atomic mass is 10.0. The highest BCUT2D eigenvalue weighted by Gasteiger charge is 2.33. The molecule has 0 atom stereocenters. The standard InChI is InChI=1S/C22H22N2O5/c25-18(15-5-6-20-21(11-15)28-14-27-20)13-23-9-7-17(8-10-23)24-12-16-3-1-2-4-19(16)29-22(24)26/h1-6,11,17H,7-10,12-14H2. The van der Waals surface area contributed by atoms with Crippen LogP contribution in [0.1, 0.15) is 28.8 Å². The molecule has 7 heteroatoms. The predicted molar refractivity (Wildman–Crippen MR) is 104 cm³/mol. The van der Waals surface area contributed by atoms with Crippen molar-refractivity contribution in [1.29, 1.82) is 0 Å². The van der Waals surface area contributed by atoms with Crippen molar-refractivity contribution in [3.63, 3.8) is 0 Å². The summed E-state index contributed by atoms with van der Waals surface area (Å²) in [6.45, 7) is 2.68. The molecule has 3 heterocycles. The van der Waals surface area contributed by atoms with Crippen LogP contribution in [-0.2, 0) is 6.54 Å². The molecule has 0 aliphatic carbocycles. The van der Waals surface area contributed by atoms with Gasteiger partial charge in [-0.05, 0) is 37.1 Å². The summed E-state index contributed by atoms with van der Waals surface area (Å²) in [6.07, 6.45) is 1.37. The molecule has 1 fully saturated rings. The number of hydrogen-bond donors (Lipinski definition) is 0. The number of piperidine rings is 1. The molecule has 1 amide bonds. The number of Topliss-reactive ketones (excluding diaryl/α,β-unsaturated/α-hetero) is 1. The molecule has 5 rings (SSSR count). The first kappa shape index (κ1) is 18.0. The van der Waals surface area contributed by atoms with Crippen LogP contribution >= 0.6 is 0 Å². The van der Waals surface area contributed by atoms with E-state index in [0.29, 0.717) is 35.9 Å². The Hall–Kier alpha value is -3.06. The average Bonchev–Trinajstić information content (AvgIpc) is 3.22. The molecule has 0 N–H and O–H groups in total. The Morgan fingerprint density at radius 3 is 2.66 bits per heavy atom. The van der Waals surface area contributed by atoms with Gasteiger partial charge in [0.15, 0.2) is 17.3 Å². The van der Waals surface area contributed by atoms with Crippen LogP contribution in [0, 0.1) is 0 Å². The number of rotatable bonds is 4. The van der Waals surface area contributed by atoms with Crippen molar-refractivity contribution in [1.82, 2.24) is 9.80 Å². The Bertz CT molecular complexity index is 952. The second-order valence-electron chi connectivity index (χ2n) is 7.60. The minimum absolute atomic E-state index is 0.0630. The molecule has 0 radical (unpaired) electrons. The third kappa shape index (κ3) is 3.53. The van der Waals surface area contributed by atoms with Crippen molar-refractivity contribution in [2.24, 2.45) is 0 Å². The first-order valence-electron chi connectivity index (χ1n) is 9.89. The minimum Gasteiger partial charge on any atom is -0.454 e. The monoisotopic (exact) mass is 394 g/mol. The minimum atomic E-state index is -0.279. The predicted octanol–water partition coefficient (Wildman–Crippen LogP) is 3.08. The fraction of sp³-hybridized carbons (Fsp3) is 0.364. The van der Waals surface area contributed by atoms with Crippen LogP contribution in [-0.4, -0.2) is 54.1 Å². The number of carbonyl (C=O) groups excluding carboxylic acids is 2. The number of para-hydroxylation sites is 1. The molecule has 2 aromatic carbocycles. The SMILES string of the molecule is O=C(CN1CCC(N2Cc3ccccc3OC2=O)CC1)c1ccc2c(c1)OCO2. The highest BCUT2D eigenvalue weighted by Crippen LogP contribution is 2.33. The zero-order valence-corrected chi connectivity index (χ0v) is 16.0. The summed E-state index contributed by atoms with van der Waals surface area (Å²) < 4.78 is 16.1. The van der Waals surface area contributed by atoms with Gasteiger partial charge in [-0.25, -0.2) is 4.79 Å². The van der Waals surface area contributed by atoms with Gasteiger partial charge in [-0.3, -0.25) is 9.69 Å². The maximum Gasteiger partial charge on any atom is 0.415 e. The molecule has 150 valence electrons. The van der Waals surface area contributed by atoms with Crippen LogP contribution < -0.4 is 14.2 Å². The highest BCUT2D eigenvalue weighted by atomic mass is 16.7. The molecule has 0 aromatic heterocycles. The Morgan fingerprint density at radius 1 is 1.00 bits per heavy atom. The average molecular weight is 394 g/mol. The summed E-state index contributed by atoms with van der Waals surface area (Å²) in [4.78, 5) is 29.0. The molecule has 0 saturated carbocycles. The Morgan fingerprint density at radius 2 is 1.79 bits per heavy atom. The van der Waals surface area contributed by atoms with Crippen LogP contribution in [0.2, 0.25) is 0 Å². The van der Waals surface area contributed by atoms with E-state index in [4.69, 9.17) is 14.2 Å². The van der Waals surface area contributed by atoms with Crippen molar-refractivity contribution < 1.29 is 23.8 Å². The summed E-state index contributed by atoms with van der Waals surface area (Å²) in [7, 11) is 0. The van der Waals surface area contributed by atoms with E-state index in [1.54, 1.807) is 18.2 Å². The third-order valence-corrected chi connectivity index (χ3v) is 5.80. The van der Waals surface area contributed by atoms with Gasteiger partial charge in [0.25, 0.3) is 0 Å². The van der Waals surface area contributed by atoms with Crippen LogP contribution in [0.5, 0.6) is 17.2 Å². The Labute approximate surface area is 168 Å². The van der Waals surface area contributed by atoms with Crippen molar-refractivity contribution >= 4 is 11.9 Å². The van der Waals surface area contributed by atoms with Crippen LogP contribution in [0.3, 0.4) is 0 Å². The van der Waals surface area contributed by atoms with Crippen molar-refractivity contribution in [2.45, 2.75) is 25.4 Å². The smallest absolute Gasteiger partial charge is 0.415 e. The number of amides is 1. The fourth-order valence-electron chi connectivity index (χ4n) is 4.17. The van der Waals surface area contributed by atoms with Gasteiger partial charge in [-0.15, -0.1) is 0 Å². The van der Waals surface area contributed by atoms with E-state index in [1.807, 2.05) is 29.2 Å². The van der Waals surface area contributed by atoms with Gasteiger partial charge >= 0.3 is 6.09 Å². The summed E-state index contributed by atoms with van der Waals surface area (Å²) >= 11 is 0. The van der Waals surface area contributed by atoms with E-state index >= 15 is 0 Å². The van der Waals surface area contributed by atoms with Gasteiger partial charge in [0, 0.05) is 30.3 Å². The van der Waals surface area contributed by atoms with Crippen molar-refractivity contribution in [3.05, 3.63) is 53.6 Å². The zero-order valence-electron chi connectivity index (χ0n) is 16.0. The third-order valence-electron chi connectivity index (χ3n) is 5.80. The number of carbonyl (C=O) groups is 2. The van der Waals surface area contributed by atoms with Crippen molar-refractivity contribution in [2.75, 3.05) is 26.4 Å². The second-order valence-corrected chi connectivity index (χ2v) is 7.60. The van der Waals surface area contributed by atoms with E-state index in [1.165, 1.54) is 0 Å². The van der Waals surface area contributed by atoms with Gasteiger partial charge in [0.05, 0.1) is 13.1 Å². The molecule has 3 aliphatic heterocycles. The fourth-order valence-corrected chi connectivity index (χ4v) is 4.17. The molecule has 29 heavy (non-hydrogen) atoms. The Balaban J connectivity index is 1.18. The molecule has 0 bridgehead atoms. The normalized spacial score (nSPS) is 19.0. The maximum absolute atomic E-state index is 12.7. The summed E-state index contributed by atoms with van der Waals surface area (Å²) in [6, 6.07) is 13.1. The van der Waals surface area contributed by atoms with Gasteiger partial charge in [0.1, 0.15) is 5.75 Å². The molecule has 0 unspecified atom stereocenters. The quantitative estimate of drug-likeness (QED) is 0.743. The Kier molecular flexibility index (Phi) is 4.60. The topological polar surface area (TPSA) is 68.3 Å². The van der Waals surface area contributed by atoms with E-state index in [9.17, 15) is 9.59 Å². The number of ether oxygens (including phenoxy) is 3. The lowest BCUT2D eigenvalue weighted by molar-refractivity contribution is 0.0739. The van der Waals surface area contributed by atoms with Crippen LogP contribution in [0.25, 0.3) is 0 Å². The second kappa shape index (κ2) is 7.40. The first-order chi connectivity index (χ1) is 14.2. The number of hydrogen-bond acceptors (Lipinski definition) is 6. The lowest BCUT2D eigenvalue weighted by Crippen LogP contribution is -2.50. The van der Waals surface area contributed by atoms with E-state index in [-0.39, 0.29) is 24.7 Å². The van der Waals surface area contributed by atoms with Gasteiger partial charge < -0.3 is 19.1 Å². The molecular formula is C22H22N2O5. The van der Waals surface area contributed by atoms with Gasteiger partial charge in [-0.1, -0.05) is 18.2 Å². The molecule has 2 aromatic rings. The summed E-state index contributed by atoms with van der Waals surface area (Å²) in [5, 5.41) is 0. The van der Waals surface area contributed by atoms with Crippen molar-refractivity contribution in [3.8, 4) is 17.2 Å². The molecule has 7 nitrogen and oxygen atoms in total. The van der Waals surface area contributed by atoms with E-state index < -0.39 is 0 Å². The van der Waals surface area contributed by atoms with Crippen LogP contribution in [0.4, 0.5) is 4.79 Å². The number of fused-ring (bicyclic) bond motifs is 2. The summed E-state index contributed by atoms with van der Waals surface area (Å²) in [5.41, 5.74) is 1.67. The molecule has 1 saturated heterocycles. The summed E-state index contributed by atoms with van der Waals surface area (Å²) in [5.74, 6) is 2.02. The molecule has 3 aliphatic rings. The number of ketones is 1. The molecular weight excluding hydrogens is 372 g/mol. The first-order valence-corrected chi connectivity index (χ1v) is 9.89. The number of benzene rings is 2. The highest BCUT2D eigenvalue weighted by molar-refractivity contribution is 5.98. The lowest BCUT2D eigenvalue weighted by Gasteiger charge is -2.39. The van der Waals surface area contributed by atoms with Crippen LogP contribution in [0.15, 0.2) is 42.5 Å².